The lowest BCUT2D eigenvalue weighted by atomic mass is 9.91. The standard InChI is InChI=1S/C25H28N6/c1-19(21-10-7-15-30(17-21)16-20-8-3-2-4-9-20)28-25-26-14-13-24(29-25)31-18-27-22-11-5-6-12-23(22)31/h2-6,8-9,11-14,18-19,21H,7,10,15-17H2,1H3,(H,26,28,29). The third-order valence-corrected chi connectivity index (χ3v) is 6.20. The van der Waals surface area contributed by atoms with Gasteiger partial charge in [-0.1, -0.05) is 42.5 Å². The number of rotatable bonds is 6. The number of aromatic nitrogens is 4. The lowest BCUT2D eigenvalue weighted by molar-refractivity contribution is 0.158. The molecule has 1 saturated heterocycles. The van der Waals surface area contributed by atoms with Crippen molar-refractivity contribution in [1.82, 2.24) is 24.4 Å². The summed E-state index contributed by atoms with van der Waals surface area (Å²) >= 11 is 0. The van der Waals surface area contributed by atoms with Gasteiger partial charge >= 0.3 is 0 Å². The molecule has 1 aliphatic heterocycles. The highest BCUT2D eigenvalue weighted by molar-refractivity contribution is 5.76. The Morgan fingerprint density at radius 1 is 1.03 bits per heavy atom. The summed E-state index contributed by atoms with van der Waals surface area (Å²) in [5, 5.41) is 3.56. The van der Waals surface area contributed by atoms with Crippen LogP contribution in [-0.2, 0) is 6.54 Å². The number of nitrogens with zero attached hydrogens (tertiary/aromatic N) is 5. The molecule has 0 aliphatic carbocycles. The molecule has 2 unspecified atom stereocenters. The molecule has 1 N–H and O–H groups in total. The Hall–Kier alpha value is -3.25. The first-order valence-corrected chi connectivity index (χ1v) is 11.0. The molecule has 1 fully saturated rings. The fourth-order valence-electron chi connectivity index (χ4n) is 4.50. The first-order valence-electron chi connectivity index (χ1n) is 11.0. The lowest BCUT2D eigenvalue weighted by Crippen LogP contribution is -2.41. The van der Waals surface area contributed by atoms with Crippen LogP contribution in [0.2, 0.25) is 0 Å². The van der Waals surface area contributed by atoms with E-state index < -0.39 is 0 Å². The van der Waals surface area contributed by atoms with Crippen LogP contribution < -0.4 is 5.32 Å². The van der Waals surface area contributed by atoms with Crippen LogP contribution >= 0.6 is 0 Å². The normalized spacial score (nSPS) is 18.2. The van der Waals surface area contributed by atoms with Gasteiger partial charge in [0.1, 0.15) is 12.1 Å². The Bertz CT molecular complexity index is 1140. The van der Waals surface area contributed by atoms with E-state index in [1.54, 1.807) is 0 Å². The summed E-state index contributed by atoms with van der Waals surface area (Å²) in [5.74, 6) is 2.06. The van der Waals surface area contributed by atoms with Gasteiger partial charge in [0.2, 0.25) is 5.95 Å². The van der Waals surface area contributed by atoms with Gasteiger partial charge in [0.25, 0.3) is 0 Å². The molecule has 5 rings (SSSR count). The average molecular weight is 413 g/mol. The molecular formula is C25H28N6. The van der Waals surface area contributed by atoms with E-state index in [1.165, 1.54) is 18.4 Å². The van der Waals surface area contributed by atoms with Crippen LogP contribution in [0.5, 0.6) is 0 Å². The van der Waals surface area contributed by atoms with E-state index in [9.17, 15) is 0 Å². The molecule has 2 aromatic heterocycles. The largest absolute Gasteiger partial charge is 0.351 e. The zero-order valence-electron chi connectivity index (χ0n) is 17.9. The summed E-state index contributed by atoms with van der Waals surface area (Å²) in [6.07, 6.45) is 6.09. The minimum Gasteiger partial charge on any atom is -0.351 e. The van der Waals surface area contributed by atoms with Gasteiger partial charge < -0.3 is 5.32 Å². The number of fused-ring (bicyclic) bond motifs is 1. The number of nitrogens with one attached hydrogen (secondary N) is 1. The Morgan fingerprint density at radius 3 is 2.77 bits per heavy atom. The van der Waals surface area contributed by atoms with Gasteiger partial charge in [-0.3, -0.25) is 9.47 Å². The monoisotopic (exact) mass is 412 g/mol. The second-order valence-corrected chi connectivity index (χ2v) is 8.40. The highest BCUT2D eigenvalue weighted by Crippen LogP contribution is 2.23. The highest BCUT2D eigenvalue weighted by atomic mass is 15.2. The molecule has 0 spiro atoms. The molecule has 158 valence electrons. The van der Waals surface area contributed by atoms with Crippen molar-refractivity contribution >= 4 is 17.0 Å². The Labute approximate surface area is 183 Å². The molecule has 3 heterocycles. The number of imidazole rings is 1. The maximum Gasteiger partial charge on any atom is 0.224 e. The van der Waals surface area contributed by atoms with Gasteiger partial charge in [-0.05, 0) is 56.0 Å². The van der Waals surface area contributed by atoms with E-state index in [0.29, 0.717) is 17.9 Å². The van der Waals surface area contributed by atoms with Gasteiger partial charge in [0.15, 0.2) is 0 Å². The zero-order chi connectivity index (χ0) is 21.0. The molecule has 0 radical (unpaired) electrons. The van der Waals surface area contributed by atoms with Gasteiger partial charge in [0, 0.05) is 25.3 Å². The van der Waals surface area contributed by atoms with Gasteiger partial charge in [-0.25, -0.2) is 9.97 Å². The van der Waals surface area contributed by atoms with Crippen LogP contribution in [0.1, 0.15) is 25.3 Å². The van der Waals surface area contributed by atoms with Crippen molar-refractivity contribution in [3.63, 3.8) is 0 Å². The second-order valence-electron chi connectivity index (χ2n) is 8.40. The highest BCUT2D eigenvalue weighted by Gasteiger charge is 2.25. The van der Waals surface area contributed by atoms with Crippen molar-refractivity contribution in [3.8, 4) is 5.82 Å². The number of para-hydroxylation sites is 2. The fourth-order valence-corrected chi connectivity index (χ4v) is 4.50. The summed E-state index contributed by atoms with van der Waals surface area (Å²) < 4.78 is 2.01. The molecule has 6 nitrogen and oxygen atoms in total. The van der Waals surface area contributed by atoms with Crippen LogP contribution in [0.4, 0.5) is 5.95 Å². The van der Waals surface area contributed by atoms with E-state index in [2.05, 4.69) is 63.5 Å². The third kappa shape index (κ3) is 4.44. The molecule has 0 amide bonds. The van der Waals surface area contributed by atoms with Crippen molar-refractivity contribution < 1.29 is 0 Å². The zero-order valence-corrected chi connectivity index (χ0v) is 17.9. The third-order valence-electron chi connectivity index (χ3n) is 6.20. The number of anilines is 1. The van der Waals surface area contributed by atoms with Crippen LogP contribution in [0.25, 0.3) is 16.9 Å². The van der Waals surface area contributed by atoms with Crippen LogP contribution in [0.15, 0.2) is 73.2 Å². The van der Waals surface area contributed by atoms with E-state index in [-0.39, 0.29) is 0 Å². The Balaban J connectivity index is 1.27. The van der Waals surface area contributed by atoms with Gasteiger partial charge in [-0.2, -0.15) is 4.98 Å². The molecule has 6 heteroatoms. The maximum atomic E-state index is 4.77. The van der Waals surface area contributed by atoms with Crippen LogP contribution in [-0.4, -0.2) is 43.6 Å². The molecule has 0 bridgehead atoms. The predicted octanol–water partition coefficient (Wildman–Crippen LogP) is 4.53. The minimum absolute atomic E-state index is 0.299. The molecule has 2 aromatic carbocycles. The van der Waals surface area contributed by atoms with Crippen molar-refractivity contribution in [1.29, 1.82) is 0 Å². The summed E-state index contributed by atoms with van der Waals surface area (Å²) in [4.78, 5) is 16.3. The molecule has 4 aromatic rings. The number of likely N-dealkylation sites (tertiary alicyclic amines) is 1. The maximum absolute atomic E-state index is 4.77. The number of piperidine rings is 1. The predicted molar refractivity (Wildman–Crippen MR) is 124 cm³/mol. The number of hydrogen-bond donors (Lipinski definition) is 1. The summed E-state index contributed by atoms with van der Waals surface area (Å²) in [6, 6.07) is 21.1. The fraction of sp³-hybridized carbons (Fsp3) is 0.320. The quantitative estimate of drug-likeness (QED) is 0.504. The van der Waals surface area contributed by atoms with E-state index in [1.807, 2.05) is 41.4 Å². The molecule has 2 atom stereocenters. The second kappa shape index (κ2) is 8.86. The van der Waals surface area contributed by atoms with Crippen LogP contribution in [0.3, 0.4) is 0 Å². The van der Waals surface area contributed by atoms with Crippen molar-refractivity contribution in [2.75, 3.05) is 18.4 Å². The average Bonchev–Trinajstić information content (AvgIpc) is 3.24. The lowest BCUT2D eigenvalue weighted by Gasteiger charge is -2.36. The Morgan fingerprint density at radius 2 is 1.87 bits per heavy atom. The van der Waals surface area contributed by atoms with Crippen molar-refractivity contribution in [2.45, 2.75) is 32.4 Å². The molecule has 0 saturated carbocycles. The molecule has 31 heavy (non-hydrogen) atoms. The summed E-state index contributed by atoms with van der Waals surface area (Å²) in [6.45, 7) is 5.52. The summed E-state index contributed by atoms with van der Waals surface area (Å²) in [5.41, 5.74) is 3.39. The van der Waals surface area contributed by atoms with E-state index >= 15 is 0 Å². The van der Waals surface area contributed by atoms with Gasteiger partial charge in [0.05, 0.1) is 11.0 Å². The van der Waals surface area contributed by atoms with Gasteiger partial charge in [-0.15, -0.1) is 0 Å². The summed E-state index contributed by atoms with van der Waals surface area (Å²) in [7, 11) is 0. The first-order chi connectivity index (χ1) is 15.3. The SMILES string of the molecule is CC(Nc1nccc(-n2cnc3ccccc32)n1)C1CCCN(Cc2ccccc2)C1. The van der Waals surface area contributed by atoms with Crippen molar-refractivity contribution in [2.24, 2.45) is 5.92 Å². The topological polar surface area (TPSA) is 58.9 Å². The number of benzene rings is 2. The first kappa shape index (κ1) is 19.7. The Kier molecular flexibility index (Phi) is 5.63. The molecule has 1 aliphatic rings. The smallest absolute Gasteiger partial charge is 0.224 e. The van der Waals surface area contributed by atoms with E-state index in [0.717, 1.165) is 36.5 Å². The minimum atomic E-state index is 0.299. The molecular weight excluding hydrogens is 384 g/mol. The number of hydrogen-bond acceptors (Lipinski definition) is 5. The van der Waals surface area contributed by atoms with Crippen LogP contribution in [0, 0.1) is 5.92 Å². The van der Waals surface area contributed by atoms with Crippen molar-refractivity contribution in [3.05, 3.63) is 78.8 Å². The van der Waals surface area contributed by atoms with E-state index in [4.69, 9.17) is 4.98 Å².